The summed E-state index contributed by atoms with van der Waals surface area (Å²) in [5.74, 6) is 1.06. The summed E-state index contributed by atoms with van der Waals surface area (Å²) in [6, 6.07) is 17.3. The van der Waals surface area contributed by atoms with Gasteiger partial charge in [0.2, 0.25) is 0 Å². The summed E-state index contributed by atoms with van der Waals surface area (Å²) in [4.78, 5) is 19.6. The number of hydrogen-bond donors (Lipinski definition) is 0. The fourth-order valence-corrected chi connectivity index (χ4v) is 4.86. The van der Waals surface area contributed by atoms with Crippen molar-refractivity contribution in [2.24, 2.45) is 0 Å². The maximum Gasteiger partial charge on any atom is 0.254 e. The molecule has 2 aromatic carbocycles. The minimum absolute atomic E-state index is 0.150. The molecule has 1 unspecified atom stereocenters. The lowest BCUT2D eigenvalue weighted by atomic mass is 10.0. The third-order valence-electron chi connectivity index (χ3n) is 7.00. The lowest BCUT2D eigenvalue weighted by Gasteiger charge is -2.21. The normalized spacial score (nSPS) is 21.4. The number of likely N-dealkylation sites (tertiary alicyclic amines) is 2. The average molecular weight is 436 g/mol. The second-order valence-corrected chi connectivity index (χ2v) is 9.50. The fraction of sp³-hybridized carbons (Fsp3) is 0.519. The van der Waals surface area contributed by atoms with Crippen molar-refractivity contribution in [2.45, 2.75) is 44.7 Å². The van der Waals surface area contributed by atoms with Crippen molar-refractivity contribution in [3.8, 4) is 16.9 Å². The molecule has 2 aromatic rings. The van der Waals surface area contributed by atoms with Crippen molar-refractivity contribution >= 4 is 5.91 Å². The van der Waals surface area contributed by atoms with Crippen LogP contribution in [-0.2, 0) is 0 Å². The van der Waals surface area contributed by atoms with Crippen LogP contribution in [0.3, 0.4) is 0 Å². The van der Waals surface area contributed by atoms with Crippen molar-refractivity contribution in [2.75, 3.05) is 46.9 Å². The quantitative estimate of drug-likeness (QED) is 0.577. The Bertz CT molecular complexity index is 879. The molecular formula is C27H37N3O2. The lowest BCUT2D eigenvalue weighted by Crippen LogP contribution is -2.33. The van der Waals surface area contributed by atoms with E-state index in [0.717, 1.165) is 61.4 Å². The smallest absolute Gasteiger partial charge is 0.254 e. The van der Waals surface area contributed by atoms with Crippen molar-refractivity contribution in [1.82, 2.24) is 14.7 Å². The first kappa shape index (κ1) is 22.8. The van der Waals surface area contributed by atoms with Gasteiger partial charge >= 0.3 is 0 Å². The Kier molecular flexibility index (Phi) is 7.48. The highest BCUT2D eigenvalue weighted by Gasteiger charge is 2.26. The monoisotopic (exact) mass is 435 g/mol. The minimum Gasteiger partial charge on any atom is -0.494 e. The Morgan fingerprint density at radius 1 is 1.00 bits per heavy atom. The Morgan fingerprint density at radius 2 is 1.69 bits per heavy atom. The highest BCUT2D eigenvalue weighted by Crippen LogP contribution is 2.25. The van der Waals surface area contributed by atoms with Crippen LogP contribution in [0.1, 0.15) is 43.0 Å². The fourth-order valence-electron chi connectivity index (χ4n) is 4.86. The van der Waals surface area contributed by atoms with Crippen LogP contribution in [0.4, 0.5) is 0 Å². The molecule has 0 radical (unpaired) electrons. The molecule has 5 nitrogen and oxygen atoms in total. The van der Waals surface area contributed by atoms with E-state index in [1.807, 2.05) is 41.3 Å². The van der Waals surface area contributed by atoms with E-state index in [0.29, 0.717) is 12.1 Å². The topological polar surface area (TPSA) is 36.0 Å². The minimum atomic E-state index is 0.150. The average Bonchev–Trinajstić information content (AvgIpc) is 3.46. The standard InChI is InChI=1S/C27H37N3O2/c1-21-6-4-17-30(21)27(31)24-9-7-22(8-10-24)23-11-13-26(14-12-23)32-19-5-16-29-18-15-25(20-29)28(2)3/h7-14,21,25H,4-6,15-20H2,1-3H3/t21?,25-/m0/s1. The van der Waals surface area contributed by atoms with Crippen LogP contribution in [0.2, 0.25) is 0 Å². The predicted octanol–water partition coefficient (Wildman–Crippen LogP) is 4.38. The molecule has 0 saturated carbocycles. The maximum atomic E-state index is 12.7. The molecule has 2 fully saturated rings. The van der Waals surface area contributed by atoms with Gasteiger partial charge < -0.3 is 19.4 Å². The van der Waals surface area contributed by atoms with Crippen LogP contribution < -0.4 is 4.74 Å². The first-order valence-corrected chi connectivity index (χ1v) is 12.0. The van der Waals surface area contributed by atoms with Gasteiger partial charge in [0.1, 0.15) is 5.75 Å². The van der Waals surface area contributed by atoms with Gasteiger partial charge in [-0.3, -0.25) is 4.79 Å². The number of nitrogens with zero attached hydrogens (tertiary/aromatic N) is 3. The molecule has 5 heteroatoms. The first-order valence-electron chi connectivity index (χ1n) is 12.0. The number of ether oxygens (including phenoxy) is 1. The van der Waals surface area contributed by atoms with Gasteiger partial charge in [-0.2, -0.15) is 0 Å². The Hall–Kier alpha value is -2.37. The first-order chi connectivity index (χ1) is 15.5. The Labute approximate surface area is 193 Å². The van der Waals surface area contributed by atoms with Crippen molar-refractivity contribution in [1.29, 1.82) is 0 Å². The van der Waals surface area contributed by atoms with Gasteiger partial charge in [-0.15, -0.1) is 0 Å². The van der Waals surface area contributed by atoms with Crippen LogP contribution in [0.15, 0.2) is 48.5 Å². The van der Waals surface area contributed by atoms with Gasteiger partial charge in [-0.05, 0) is 88.6 Å². The molecule has 0 N–H and O–H groups in total. The van der Waals surface area contributed by atoms with E-state index in [1.165, 1.54) is 19.5 Å². The molecule has 2 atom stereocenters. The number of carbonyl (C=O) groups excluding carboxylic acids is 1. The van der Waals surface area contributed by atoms with E-state index in [1.54, 1.807) is 0 Å². The van der Waals surface area contributed by atoms with Crippen molar-refractivity contribution in [3.63, 3.8) is 0 Å². The highest BCUT2D eigenvalue weighted by molar-refractivity contribution is 5.95. The zero-order chi connectivity index (χ0) is 22.5. The molecule has 32 heavy (non-hydrogen) atoms. The third-order valence-corrected chi connectivity index (χ3v) is 7.00. The molecular weight excluding hydrogens is 398 g/mol. The van der Waals surface area contributed by atoms with Crippen LogP contribution >= 0.6 is 0 Å². The van der Waals surface area contributed by atoms with Gasteiger partial charge in [0.05, 0.1) is 6.61 Å². The predicted molar refractivity (Wildman–Crippen MR) is 130 cm³/mol. The Balaban J connectivity index is 1.24. The largest absolute Gasteiger partial charge is 0.494 e. The van der Waals surface area contributed by atoms with E-state index >= 15 is 0 Å². The van der Waals surface area contributed by atoms with Crippen LogP contribution in [-0.4, -0.2) is 79.6 Å². The summed E-state index contributed by atoms with van der Waals surface area (Å²) in [7, 11) is 4.34. The maximum absolute atomic E-state index is 12.7. The summed E-state index contributed by atoms with van der Waals surface area (Å²) in [6.45, 7) is 7.22. The zero-order valence-electron chi connectivity index (χ0n) is 19.8. The van der Waals surface area contributed by atoms with E-state index < -0.39 is 0 Å². The molecule has 172 valence electrons. The third kappa shape index (κ3) is 5.51. The summed E-state index contributed by atoms with van der Waals surface area (Å²) in [5, 5.41) is 0. The number of hydrogen-bond acceptors (Lipinski definition) is 4. The van der Waals surface area contributed by atoms with E-state index in [2.05, 4.69) is 43.0 Å². The number of rotatable bonds is 8. The number of benzene rings is 2. The van der Waals surface area contributed by atoms with E-state index in [-0.39, 0.29) is 5.91 Å². The molecule has 0 aliphatic carbocycles. The molecule has 2 heterocycles. The van der Waals surface area contributed by atoms with Crippen molar-refractivity contribution < 1.29 is 9.53 Å². The number of carbonyl (C=O) groups is 1. The van der Waals surface area contributed by atoms with Crippen LogP contribution in [0.5, 0.6) is 5.75 Å². The van der Waals surface area contributed by atoms with E-state index in [4.69, 9.17) is 4.74 Å². The molecule has 0 aromatic heterocycles. The summed E-state index contributed by atoms with van der Waals surface area (Å²) < 4.78 is 5.96. The summed E-state index contributed by atoms with van der Waals surface area (Å²) >= 11 is 0. The van der Waals surface area contributed by atoms with Gasteiger partial charge in [0, 0.05) is 37.3 Å². The molecule has 1 amide bonds. The van der Waals surface area contributed by atoms with Crippen molar-refractivity contribution in [3.05, 3.63) is 54.1 Å². The van der Waals surface area contributed by atoms with Gasteiger partial charge in [0.15, 0.2) is 0 Å². The SMILES string of the molecule is CC1CCCN1C(=O)c1ccc(-c2ccc(OCCCN3CC[C@H](N(C)C)C3)cc2)cc1. The molecule has 0 spiro atoms. The molecule has 2 aliphatic rings. The highest BCUT2D eigenvalue weighted by atomic mass is 16.5. The Morgan fingerprint density at radius 3 is 2.28 bits per heavy atom. The molecule has 2 saturated heterocycles. The summed E-state index contributed by atoms with van der Waals surface area (Å²) in [5.41, 5.74) is 3.03. The van der Waals surface area contributed by atoms with E-state index in [9.17, 15) is 4.79 Å². The lowest BCUT2D eigenvalue weighted by molar-refractivity contribution is 0.0747. The summed E-state index contributed by atoms with van der Waals surface area (Å²) in [6.07, 6.45) is 4.52. The number of likely N-dealkylation sites (N-methyl/N-ethyl adjacent to an activating group) is 1. The molecule has 2 aliphatic heterocycles. The van der Waals surface area contributed by atoms with Crippen LogP contribution in [0.25, 0.3) is 11.1 Å². The zero-order valence-corrected chi connectivity index (χ0v) is 19.8. The molecule has 0 bridgehead atoms. The van der Waals surface area contributed by atoms with Crippen LogP contribution in [0, 0.1) is 0 Å². The second kappa shape index (κ2) is 10.5. The number of amides is 1. The van der Waals surface area contributed by atoms with Gasteiger partial charge in [-0.1, -0.05) is 24.3 Å². The molecule has 4 rings (SSSR count). The van der Waals surface area contributed by atoms with Gasteiger partial charge in [0.25, 0.3) is 5.91 Å². The van der Waals surface area contributed by atoms with Gasteiger partial charge in [-0.25, -0.2) is 0 Å². The second-order valence-electron chi connectivity index (χ2n) is 9.50.